The number of carbonyl (C=O) groups is 1. The number of rotatable bonds is 4. The largest absolute Gasteiger partial charge is 0.336 e. The van der Waals surface area contributed by atoms with Gasteiger partial charge < -0.3 is 4.90 Å². The van der Waals surface area contributed by atoms with Crippen molar-refractivity contribution in [3.05, 3.63) is 58.1 Å². The lowest BCUT2D eigenvalue weighted by molar-refractivity contribution is 0.0698. The van der Waals surface area contributed by atoms with Crippen LogP contribution in [0.25, 0.3) is 0 Å². The van der Waals surface area contributed by atoms with Crippen LogP contribution >= 0.6 is 23.4 Å². The standard InChI is InChI=1S/C20H23ClN2O3S2/c1-14-4-7-19(15(2)12-14)28(25,26)23-10-8-22(9-11-23)20(24)17-13-16(27-3)5-6-18(17)21/h4-7,12-13H,8-11H2,1-3H3. The molecule has 0 aliphatic carbocycles. The zero-order valence-electron chi connectivity index (χ0n) is 16.1. The van der Waals surface area contributed by atoms with Crippen LogP contribution in [0.3, 0.4) is 0 Å². The molecule has 1 heterocycles. The van der Waals surface area contributed by atoms with Gasteiger partial charge in [0.25, 0.3) is 5.91 Å². The van der Waals surface area contributed by atoms with Crippen molar-refractivity contribution in [3.8, 4) is 0 Å². The second-order valence-corrected chi connectivity index (χ2v) is 10.0. The average Bonchev–Trinajstić information content (AvgIpc) is 2.67. The molecule has 0 spiro atoms. The molecule has 28 heavy (non-hydrogen) atoms. The van der Waals surface area contributed by atoms with E-state index < -0.39 is 10.0 Å². The first-order valence-electron chi connectivity index (χ1n) is 8.94. The Morgan fingerprint density at radius 2 is 1.71 bits per heavy atom. The third kappa shape index (κ3) is 4.22. The van der Waals surface area contributed by atoms with Crippen molar-refractivity contribution in [1.82, 2.24) is 9.21 Å². The van der Waals surface area contributed by atoms with E-state index in [4.69, 9.17) is 11.6 Å². The van der Waals surface area contributed by atoms with Crippen LogP contribution in [0.2, 0.25) is 5.02 Å². The summed E-state index contributed by atoms with van der Waals surface area (Å²) in [5.41, 5.74) is 2.22. The molecule has 5 nitrogen and oxygen atoms in total. The molecule has 8 heteroatoms. The molecule has 0 atom stereocenters. The van der Waals surface area contributed by atoms with Gasteiger partial charge in [-0.15, -0.1) is 11.8 Å². The van der Waals surface area contributed by atoms with E-state index in [0.29, 0.717) is 28.6 Å². The number of benzene rings is 2. The molecule has 0 radical (unpaired) electrons. The SMILES string of the molecule is CSc1ccc(Cl)c(C(=O)N2CCN(S(=O)(=O)c3ccc(C)cc3C)CC2)c1. The lowest BCUT2D eigenvalue weighted by atomic mass is 10.2. The van der Waals surface area contributed by atoms with Crippen molar-refractivity contribution in [2.75, 3.05) is 32.4 Å². The number of sulfonamides is 1. The molecule has 150 valence electrons. The first-order chi connectivity index (χ1) is 13.2. The summed E-state index contributed by atoms with van der Waals surface area (Å²) < 4.78 is 27.5. The van der Waals surface area contributed by atoms with E-state index in [1.54, 1.807) is 47.9 Å². The smallest absolute Gasteiger partial charge is 0.255 e. The van der Waals surface area contributed by atoms with E-state index in [1.165, 1.54) is 4.31 Å². The van der Waals surface area contributed by atoms with Crippen LogP contribution in [-0.4, -0.2) is 56.0 Å². The topological polar surface area (TPSA) is 57.7 Å². The molecular formula is C20H23ClN2O3S2. The number of carbonyl (C=O) groups excluding carboxylic acids is 1. The predicted molar refractivity (Wildman–Crippen MR) is 114 cm³/mol. The highest BCUT2D eigenvalue weighted by molar-refractivity contribution is 7.98. The second kappa shape index (κ2) is 8.45. The minimum Gasteiger partial charge on any atom is -0.336 e. The summed E-state index contributed by atoms with van der Waals surface area (Å²) in [6.07, 6.45) is 1.94. The summed E-state index contributed by atoms with van der Waals surface area (Å²) in [5.74, 6) is -0.163. The minimum absolute atomic E-state index is 0.163. The third-order valence-electron chi connectivity index (χ3n) is 4.88. The summed E-state index contributed by atoms with van der Waals surface area (Å²) in [6, 6.07) is 10.7. The van der Waals surface area contributed by atoms with Gasteiger partial charge in [-0.25, -0.2) is 8.42 Å². The molecule has 2 aromatic carbocycles. The highest BCUT2D eigenvalue weighted by Crippen LogP contribution is 2.26. The molecule has 0 N–H and O–H groups in total. The number of hydrogen-bond donors (Lipinski definition) is 0. The number of piperazine rings is 1. The summed E-state index contributed by atoms with van der Waals surface area (Å²) in [5, 5.41) is 0.410. The summed E-state index contributed by atoms with van der Waals surface area (Å²) in [7, 11) is -3.58. The Balaban J connectivity index is 1.74. The molecule has 1 fully saturated rings. The van der Waals surface area contributed by atoms with Crippen LogP contribution < -0.4 is 0 Å². The number of aryl methyl sites for hydroxylation is 2. The molecular weight excluding hydrogens is 416 g/mol. The number of hydrogen-bond acceptors (Lipinski definition) is 4. The first kappa shape index (κ1) is 21.2. The van der Waals surface area contributed by atoms with E-state index in [-0.39, 0.29) is 19.0 Å². The molecule has 1 saturated heterocycles. The van der Waals surface area contributed by atoms with Crippen LogP contribution in [0, 0.1) is 13.8 Å². The number of halogens is 1. The van der Waals surface area contributed by atoms with Crippen molar-refractivity contribution >= 4 is 39.3 Å². The maximum Gasteiger partial charge on any atom is 0.255 e. The minimum atomic E-state index is -3.58. The number of nitrogens with zero attached hydrogens (tertiary/aromatic N) is 2. The Morgan fingerprint density at radius 1 is 1.04 bits per heavy atom. The van der Waals surface area contributed by atoms with Crippen molar-refractivity contribution < 1.29 is 13.2 Å². The van der Waals surface area contributed by atoms with Gasteiger partial charge in [0.2, 0.25) is 10.0 Å². The van der Waals surface area contributed by atoms with Gasteiger partial charge in [0.1, 0.15) is 0 Å². The first-order valence-corrected chi connectivity index (χ1v) is 12.0. The maximum atomic E-state index is 13.0. The molecule has 1 aliphatic heterocycles. The quantitative estimate of drug-likeness (QED) is 0.681. The van der Waals surface area contributed by atoms with Gasteiger partial charge in [0.15, 0.2) is 0 Å². The molecule has 3 rings (SSSR count). The van der Waals surface area contributed by atoms with Crippen molar-refractivity contribution in [3.63, 3.8) is 0 Å². The van der Waals surface area contributed by atoms with E-state index >= 15 is 0 Å². The van der Waals surface area contributed by atoms with Crippen LogP contribution in [-0.2, 0) is 10.0 Å². The van der Waals surface area contributed by atoms with Crippen LogP contribution in [0.1, 0.15) is 21.5 Å². The predicted octanol–water partition coefficient (Wildman–Crippen LogP) is 3.83. The van der Waals surface area contributed by atoms with Gasteiger partial charge in [-0.1, -0.05) is 29.3 Å². The lowest BCUT2D eigenvalue weighted by Gasteiger charge is -2.34. The Morgan fingerprint density at radius 3 is 2.32 bits per heavy atom. The van der Waals surface area contributed by atoms with Gasteiger partial charge in [0.05, 0.1) is 15.5 Å². The Hall–Kier alpha value is -1.54. The second-order valence-electron chi connectivity index (χ2n) is 6.81. The zero-order valence-corrected chi connectivity index (χ0v) is 18.5. The maximum absolute atomic E-state index is 13.0. The fourth-order valence-corrected chi connectivity index (χ4v) is 5.59. The van der Waals surface area contributed by atoms with Crippen LogP contribution in [0.4, 0.5) is 0 Å². The van der Waals surface area contributed by atoms with Crippen molar-refractivity contribution in [2.24, 2.45) is 0 Å². The molecule has 0 saturated carbocycles. The van der Waals surface area contributed by atoms with Crippen molar-refractivity contribution in [2.45, 2.75) is 23.6 Å². The molecule has 1 aliphatic rings. The molecule has 1 amide bonds. The van der Waals surface area contributed by atoms with Crippen molar-refractivity contribution in [1.29, 1.82) is 0 Å². The van der Waals surface area contributed by atoms with Gasteiger partial charge in [0, 0.05) is 31.1 Å². The Kier molecular flexibility index (Phi) is 6.39. The van der Waals surface area contributed by atoms with E-state index in [2.05, 4.69) is 0 Å². The zero-order chi connectivity index (χ0) is 20.5. The fraction of sp³-hybridized carbons (Fsp3) is 0.350. The Labute approximate surface area is 175 Å². The van der Waals surface area contributed by atoms with Gasteiger partial charge in [-0.2, -0.15) is 4.31 Å². The molecule has 0 unspecified atom stereocenters. The van der Waals surface area contributed by atoms with Gasteiger partial charge in [-0.05, 0) is 49.9 Å². The summed E-state index contributed by atoms with van der Waals surface area (Å²) in [4.78, 5) is 15.8. The fourth-order valence-electron chi connectivity index (χ4n) is 3.32. The molecule has 0 bridgehead atoms. The van der Waals surface area contributed by atoms with Gasteiger partial charge >= 0.3 is 0 Å². The molecule has 0 aromatic heterocycles. The Bertz CT molecular complexity index is 1000. The van der Waals surface area contributed by atoms with E-state index in [1.807, 2.05) is 25.3 Å². The third-order valence-corrected chi connectivity index (χ3v) is 7.99. The van der Waals surface area contributed by atoms with E-state index in [0.717, 1.165) is 16.0 Å². The summed E-state index contributed by atoms with van der Waals surface area (Å²) in [6.45, 7) is 4.94. The molecule has 2 aromatic rings. The number of thioether (sulfide) groups is 1. The van der Waals surface area contributed by atoms with Crippen LogP contribution in [0.15, 0.2) is 46.2 Å². The van der Waals surface area contributed by atoms with Gasteiger partial charge in [-0.3, -0.25) is 4.79 Å². The normalized spacial score (nSPS) is 15.6. The average molecular weight is 439 g/mol. The monoisotopic (exact) mass is 438 g/mol. The highest BCUT2D eigenvalue weighted by Gasteiger charge is 2.31. The highest BCUT2D eigenvalue weighted by atomic mass is 35.5. The summed E-state index contributed by atoms with van der Waals surface area (Å²) >= 11 is 7.76. The number of amides is 1. The van der Waals surface area contributed by atoms with Crippen LogP contribution in [0.5, 0.6) is 0 Å². The van der Waals surface area contributed by atoms with E-state index in [9.17, 15) is 13.2 Å². The lowest BCUT2D eigenvalue weighted by Crippen LogP contribution is -2.50.